The number of carbonyl (C=O) groups is 1. The Balaban J connectivity index is 1.40. The minimum Gasteiger partial charge on any atom is -0.355 e. The fourth-order valence-electron chi connectivity index (χ4n) is 5.14. The van der Waals surface area contributed by atoms with Gasteiger partial charge in [0.05, 0.1) is 5.92 Å². The van der Waals surface area contributed by atoms with Gasteiger partial charge in [-0.15, -0.1) is 0 Å². The minimum absolute atomic E-state index is 0.0558. The summed E-state index contributed by atoms with van der Waals surface area (Å²) < 4.78 is 0. The smallest absolute Gasteiger partial charge is 0.227 e. The van der Waals surface area contributed by atoms with Crippen molar-refractivity contribution in [3.8, 4) is 11.4 Å². The molecule has 158 valence electrons. The Hall–Kier alpha value is -2.47. The van der Waals surface area contributed by atoms with E-state index >= 15 is 0 Å². The summed E-state index contributed by atoms with van der Waals surface area (Å²) >= 11 is 0. The summed E-state index contributed by atoms with van der Waals surface area (Å²) in [4.78, 5) is 27.5. The third kappa shape index (κ3) is 3.81. The van der Waals surface area contributed by atoms with Gasteiger partial charge in [0.2, 0.25) is 5.91 Å². The molecule has 2 N–H and O–H groups in total. The molecule has 1 unspecified atom stereocenters. The van der Waals surface area contributed by atoms with E-state index in [0.717, 1.165) is 88.3 Å². The molecular weight excluding hydrogens is 374 g/mol. The van der Waals surface area contributed by atoms with Crippen LogP contribution in [0.2, 0.25) is 0 Å². The lowest BCUT2D eigenvalue weighted by Crippen LogP contribution is -2.49. The number of rotatable bonds is 3. The molecule has 1 aromatic carbocycles. The molecule has 0 bridgehead atoms. The topological polar surface area (TPSA) is 75.3 Å². The molecule has 1 aromatic heterocycles. The maximum Gasteiger partial charge on any atom is 0.227 e. The Labute approximate surface area is 178 Å². The van der Waals surface area contributed by atoms with Gasteiger partial charge in [-0.25, -0.2) is 9.97 Å². The third-order valence-electron chi connectivity index (χ3n) is 6.86. The quantitative estimate of drug-likeness (QED) is 0.850. The lowest BCUT2D eigenvalue weighted by molar-refractivity contribution is -0.136. The second kappa shape index (κ2) is 8.34. The zero-order valence-electron chi connectivity index (χ0n) is 17.6. The SMILES string of the molecule is NC1CCN(C(=O)C2CCCN(c3nc(-c4ccccc4)nc4c3CCC4)C2)CC1. The molecule has 2 aromatic rings. The maximum atomic E-state index is 13.2. The Morgan fingerprint density at radius 3 is 2.57 bits per heavy atom. The highest BCUT2D eigenvalue weighted by atomic mass is 16.2. The first kappa shape index (κ1) is 19.5. The Bertz CT molecular complexity index is 907. The average molecular weight is 406 g/mol. The number of hydrogen-bond donors (Lipinski definition) is 1. The molecule has 0 radical (unpaired) electrons. The summed E-state index contributed by atoms with van der Waals surface area (Å²) in [5, 5.41) is 0. The van der Waals surface area contributed by atoms with Gasteiger partial charge in [-0.3, -0.25) is 4.79 Å². The number of anilines is 1. The predicted octanol–water partition coefficient (Wildman–Crippen LogP) is 2.80. The maximum absolute atomic E-state index is 13.2. The molecule has 1 amide bonds. The van der Waals surface area contributed by atoms with Gasteiger partial charge in [-0.1, -0.05) is 30.3 Å². The number of nitrogens with two attached hydrogens (primary N) is 1. The molecule has 2 fully saturated rings. The van der Waals surface area contributed by atoms with E-state index in [4.69, 9.17) is 15.7 Å². The summed E-state index contributed by atoms with van der Waals surface area (Å²) in [5.41, 5.74) is 9.58. The van der Waals surface area contributed by atoms with Gasteiger partial charge in [-0.2, -0.15) is 0 Å². The molecule has 6 heteroatoms. The number of carbonyl (C=O) groups excluding carboxylic acids is 1. The summed E-state index contributed by atoms with van der Waals surface area (Å²) in [6, 6.07) is 10.5. The molecule has 0 saturated carbocycles. The predicted molar refractivity (Wildman–Crippen MR) is 118 cm³/mol. The van der Waals surface area contributed by atoms with E-state index < -0.39 is 0 Å². The van der Waals surface area contributed by atoms with Gasteiger partial charge in [0.1, 0.15) is 5.82 Å². The lowest BCUT2D eigenvalue weighted by atomic mass is 9.94. The highest BCUT2D eigenvalue weighted by Gasteiger charge is 2.33. The summed E-state index contributed by atoms with van der Waals surface area (Å²) in [5.74, 6) is 2.24. The first-order valence-corrected chi connectivity index (χ1v) is 11.4. The highest BCUT2D eigenvalue weighted by molar-refractivity contribution is 5.80. The van der Waals surface area contributed by atoms with Gasteiger partial charge in [0, 0.05) is 49.0 Å². The van der Waals surface area contributed by atoms with Crippen LogP contribution in [0.25, 0.3) is 11.4 Å². The Morgan fingerprint density at radius 2 is 1.77 bits per heavy atom. The zero-order chi connectivity index (χ0) is 20.5. The number of piperidine rings is 2. The van der Waals surface area contributed by atoms with Crippen LogP contribution in [0.4, 0.5) is 5.82 Å². The van der Waals surface area contributed by atoms with Crippen LogP contribution in [0.1, 0.15) is 43.4 Å². The minimum atomic E-state index is 0.0558. The van der Waals surface area contributed by atoms with Crippen LogP contribution in [0.3, 0.4) is 0 Å². The van der Waals surface area contributed by atoms with Crippen LogP contribution in [-0.2, 0) is 17.6 Å². The average Bonchev–Trinajstić information content (AvgIpc) is 3.28. The summed E-state index contributed by atoms with van der Waals surface area (Å²) in [7, 11) is 0. The van der Waals surface area contributed by atoms with E-state index in [-0.39, 0.29) is 12.0 Å². The molecule has 2 aliphatic heterocycles. The first-order chi connectivity index (χ1) is 14.7. The van der Waals surface area contributed by atoms with E-state index in [1.54, 1.807) is 0 Å². The van der Waals surface area contributed by atoms with Gasteiger partial charge in [-0.05, 0) is 44.9 Å². The molecule has 2 saturated heterocycles. The molecule has 1 atom stereocenters. The summed E-state index contributed by atoms with van der Waals surface area (Å²) in [6.45, 7) is 3.33. The monoisotopic (exact) mass is 405 g/mol. The van der Waals surface area contributed by atoms with E-state index in [9.17, 15) is 4.79 Å². The summed E-state index contributed by atoms with van der Waals surface area (Å²) in [6.07, 6.45) is 7.04. The largest absolute Gasteiger partial charge is 0.355 e. The van der Waals surface area contributed by atoms with E-state index in [1.165, 1.54) is 11.3 Å². The molecular formula is C24H31N5O. The lowest BCUT2D eigenvalue weighted by Gasteiger charge is -2.38. The third-order valence-corrected chi connectivity index (χ3v) is 6.86. The number of aryl methyl sites for hydroxylation is 1. The van der Waals surface area contributed by atoms with Crippen molar-refractivity contribution in [1.82, 2.24) is 14.9 Å². The number of likely N-dealkylation sites (tertiary alicyclic amines) is 1. The van der Waals surface area contributed by atoms with Crippen molar-refractivity contribution in [1.29, 1.82) is 0 Å². The van der Waals surface area contributed by atoms with Crippen LogP contribution in [-0.4, -0.2) is 53.0 Å². The van der Waals surface area contributed by atoms with Crippen molar-refractivity contribution < 1.29 is 4.79 Å². The molecule has 1 aliphatic carbocycles. The van der Waals surface area contributed by atoms with Gasteiger partial charge in [0.25, 0.3) is 0 Å². The van der Waals surface area contributed by atoms with E-state index in [0.29, 0.717) is 5.91 Å². The molecule has 3 heterocycles. The number of nitrogens with zero attached hydrogens (tertiary/aromatic N) is 4. The number of aromatic nitrogens is 2. The molecule has 3 aliphatic rings. The molecule has 5 rings (SSSR count). The first-order valence-electron chi connectivity index (χ1n) is 11.4. The fraction of sp³-hybridized carbons (Fsp3) is 0.542. The van der Waals surface area contributed by atoms with Crippen molar-refractivity contribution >= 4 is 11.7 Å². The van der Waals surface area contributed by atoms with Crippen molar-refractivity contribution in [3.63, 3.8) is 0 Å². The van der Waals surface area contributed by atoms with Crippen molar-refractivity contribution in [3.05, 3.63) is 41.6 Å². The van der Waals surface area contributed by atoms with Gasteiger partial charge in [0.15, 0.2) is 5.82 Å². The number of benzene rings is 1. The molecule has 6 nitrogen and oxygen atoms in total. The zero-order valence-corrected chi connectivity index (χ0v) is 17.6. The molecule has 0 spiro atoms. The van der Waals surface area contributed by atoms with E-state index in [2.05, 4.69) is 17.0 Å². The van der Waals surface area contributed by atoms with Crippen molar-refractivity contribution in [2.24, 2.45) is 11.7 Å². The number of hydrogen-bond acceptors (Lipinski definition) is 5. The van der Waals surface area contributed by atoms with Gasteiger partial charge >= 0.3 is 0 Å². The Morgan fingerprint density at radius 1 is 0.967 bits per heavy atom. The standard InChI is InChI=1S/C24H31N5O/c25-19-11-14-28(15-12-19)24(30)18-8-5-13-29(16-18)23-20-9-4-10-21(20)26-22(27-23)17-6-2-1-3-7-17/h1-3,6-7,18-19H,4-5,8-16,25H2. The van der Waals surface area contributed by atoms with Crippen LogP contribution in [0.15, 0.2) is 30.3 Å². The van der Waals surface area contributed by atoms with Gasteiger partial charge < -0.3 is 15.5 Å². The van der Waals surface area contributed by atoms with Crippen molar-refractivity contribution in [2.75, 3.05) is 31.1 Å². The number of fused-ring (bicyclic) bond motifs is 1. The Kier molecular flexibility index (Phi) is 5.42. The number of amides is 1. The molecule has 30 heavy (non-hydrogen) atoms. The van der Waals surface area contributed by atoms with Crippen LogP contribution < -0.4 is 10.6 Å². The van der Waals surface area contributed by atoms with Crippen molar-refractivity contribution in [2.45, 2.75) is 51.0 Å². The highest BCUT2D eigenvalue weighted by Crippen LogP contribution is 2.34. The van der Waals surface area contributed by atoms with Crippen LogP contribution in [0.5, 0.6) is 0 Å². The fourth-order valence-corrected chi connectivity index (χ4v) is 5.14. The van der Waals surface area contributed by atoms with Crippen LogP contribution in [0, 0.1) is 5.92 Å². The van der Waals surface area contributed by atoms with E-state index in [1.807, 2.05) is 23.1 Å². The normalized spacial score (nSPS) is 22.2. The second-order valence-electron chi connectivity index (χ2n) is 8.96. The van der Waals surface area contributed by atoms with Crippen LogP contribution >= 0.6 is 0 Å². The second-order valence-corrected chi connectivity index (χ2v) is 8.96.